The number of aryl methyl sites for hydroxylation is 1. The van der Waals surface area contributed by atoms with Gasteiger partial charge in [0.1, 0.15) is 0 Å². The normalized spacial score (nSPS) is 20.7. The number of carbonyl (C=O) groups is 1. The Morgan fingerprint density at radius 2 is 2.04 bits per heavy atom. The van der Waals surface area contributed by atoms with E-state index in [1.165, 1.54) is 16.0 Å². The van der Waals surface area contributed by atoms with Crippen LogP contribution in [0.15, 0.2) is 41.8 Å². The molecular weight excluding hydrogens is 352 g/mol. The summed E-state index contributed by atoms with van der Waals surface area (Å²) in [6.45, 7) is 2.73. The lowest BCUT2D eigenvalue weighted by molar-refractivity contribution is -0.126. The van der Waals surface area contributed by atoms with Crippen molar-refractivity contribution in [3.8, 4) is 0 Å². The summed E-state index contributed by atoms with van der Waals surface area (Å²) >= 11 is 1.73. The molecule has 25 heavy (non-hydrogen) atoms. The molecule has 0 aliphatic heterocycles. The summed E-state index contributed by atoms with van der Waals surface area (Å²) in [4.78, 5) is 14.1. The number of rotatable bonds is 6. The van der Waals surface area contributed by atoms with Crippen LogP contribution in [0.4, 0.5) is 0 Å². The number of hydrogen-bond donors (Lipinski definition) is 2. The van der Waals surface area contributed by atoms with E-state index in [-0.39, 0.29) is 30.3 Å². The molecule has 3 nitrogen and oxygen atoms in total. The van der Waals surface area contributed by atoms with Crippen molar-refractivity contribution < 1.29 is 4.79 Å². The zero-order chi connectivity index (χ0) is 16.9. The number of hydrogen-bond acceptors (Lipinski definition) is 3. The Bertz CT molecular complexity index is 673. The van der Waals surface area contributed by atoms with Crippen LogP contribution in [0.3, 0.4) is 0 Å². The molecule has 1 heterocycles. The van der Waals surface area contributed by atoms with Crippen molar-refractivity contribution in [2.75, 3.05) is 6.54 Å². The molecule has 1 aliphatic carbocycles. The number of amides is 1. The molecule has 3 atom stereocenters. The van der Waals surface area contributed by atoms with E-state index in [1.807, 2.05) is 6.07 Å². The van der Waals surface area contributed by atoms with E-state index in [0.29, 0.717) is 12.5 Å². The first-order chi connectivity index (χ1) is 11.7. The van der Waals surface area contributed by atoms with Gasteiger partial charge in [-0.2, -0.15) is 0 Å². The second-order valence-corrected chi connectivity index (χ2v) is 7.70. The Labute approximate surface area is 160 Å². The predicted molar refractivity (Wildman–Crippen MR) is 107 cm³/mol. The van der Waals surface area contributed by atoms with Gasteiger partial charge in [0.15, 0.2) is 0 Å². The fourth-order valence-corrected chi connectivity index (χ4v) is 4.72. The van der Waals surface area contributed by atoms with Crippen molar-refractivity contribution in [1.82, 2.24) is 5.32 Å². The highest BCUT2D eigenvalue weighted by Crippen LogP contribution is 2.33. The Kier molecular flexibility index (Phi) is 7.48. The molecule has 3 rings (SSSR count). The van der Waals surface area contributed by atoms with Gasteiger partial charge in [-0.05, 0) is 61.2 Å². The summed E-state index contributed by atoms with van der Waals surface area (Å²) in [5.41, 5.74) is 8.36. The largest absolute Gasteiger partial charge is 0.348 e. The zero-order valence-corrected chi connectivity index (χ0v) is 16.2. The lowest BCUT2D eigenvalue weighted by Gasteiger charge is -2.23. The van der Waals surface area contributed by atoms with Crippen LogP contribution in [-0.4, -0.2) is 12.5 Å². The maximum absolute atomic E-state index is 12.9. The van der Waals surface area contributed by atoms with Gasteiger partial charge in [-0.15, -0.1) is 23.7 Å². The zero-order valence-electron chi connectivity index (χ0n) is 14.6. The Morgan fingerprint density at radius 3 is 2.68 bits per heavy atom. The molecular formula is C20H27ClN2OS. The van der Waals surface area contributed by atoms with Crippen molar-refractivity contribution in [3.05, 3.63) is 57.8 Å². The van der Waals surface area contributed by atoms with Crippen LogP contribution in [0, 0.1) is 18.8 Å². The van der Waals surface area contributed by atoms with Gasteiger partial charge in [-0.25, -0.2) is 0 Å². The quantitative estimate of drug-likeness (QED) is 0.789. The Balaban J connectivity index is 0.00000225. The van der Waals surface area contributed by atoms with E-state index in [1.54, 1.807) is 11.3 Å². The first kappa shape index (κ1) is 20.0. The molecule has 5 heteroatoms. The molecule has 2 aromatic rings. The van der Waals surface area contributed by atoms with Crippen LogP contribution >= 0.6 is 23.7 Å². The van der Waals surface area contributed by atoms with Crippen LogP contribution < -0.4 is 11.1 Å². The highest BCUT2D eigenvalue weighted by Gasteiger charge is 2.33. The minimum absolute atomic E-state index is 0. The summed E-state index contributed by atoms with van der Waals surface area (Å²) in [5, 5.41) is 5.44. The lowest BCUT2D eigenvalue weighted by atomic mass is 9.94. The van der Waals surface area contributed by atoms with Gasteiger partial charge in [0, 0.05) is 10.8 Å². The number of nitrogens with one attached hydrogen (secondary N) is 1. The molecule has 0 spiro atoms. The van der Waals surface area contributed by atoms with Gasteiger partial charge in [0.2, 0.25) is 5.91 Å². The highest BCUT2D eigenvalue weighted by molar-refractivity contribution is 7.10. The van der Waals surface area contributed by atoms with Crippen LogP contribution in [0.1, 0.15) is 41.3 Å². The second-order valence-electron chi connectivity index (χ2n) is 6.75. The van der Waals surface area contributed by atoms with Gasteiger partial charge in [0.25, 0.3) is 0 Å². The molecule has 1 fully saturated rings. The molecule has 1 aromatic carbocycles. The molecule has 0 saturated heterocycles. The number of carbonyl (C=O) groups excluding carboxylic acids is 1. The van der Waals surface area contributed by atoms with E-state index in [2.05, 4.69) is 48.0 Å². The van der Waals surface area contributed by atoms with Gasteiger partial charge in [-0.3, -0.25) is 4.79 Å². The van der Waals surface area contributed by atoms with Crippen molar-refractivity contribution in [3.63, 3.8) is 0 Å². The van der Waals surface area contributed by atoms with Crippen molar-refractivity contribution in [1.29, 1.82) is 0 Å². The SMILES string of the molecule is Cc1ccsc1C(Cc1ccccc1)NC(=O)[C@@H]1CCC[C@@H]1CN.Cl. The monoisotopic (exact) mass is 378 g/mol. The molecule has 136 valence electrons. The van der Waals surface area contributed by atoms with Crippen LogP contribution in [0.5, 0.6) is 0 Å². The first-order valence-corrected chi connectivity index (χ1v) is 9.65. The van der Waals surface area contributed by atoms with E-state index >= 15 is 0 Å². The van der Waals surface area contributed by atoms with E-state index in [0.717, 1.165) is 25.7 Å². The average molecular weight is 379 g/mol. The number of thiophene rings is 1. The summed E-state index contributed by atoms with van der Waals surface area (Å²) in [7, 11) is 0. The van der Waals surface area contributed by atoms with Crippen LogP contribution in [0.25, 0.3) is 0 Å². The third kappa shape index (κ3) is 4.84. The molecule has 0 bridgehead atoms. The average Bonchev–Trinajstić information content (AvgIpc) is 3.23. The van der Waals surface area contributed by atoms with Gasteiger partial charge in [0.05, 0.1) is 6.04 Å². The molecule has 0 radical (unpaired) electrons. The standard InChI is InChI=1S/C20H26N2OS.ClH/c1-14-10-11-24-19(14)18(12-15-6-3-2-4-7-15)22-20(23)17-9-5-8-16(17)13-21;/h2-4,6-7,10-11,16-18H,5,8-9,12-13,21H2,1H3,(H,22,23);1H/t16-,17-,18?;/m1./s1. The maximum Gasteiger partial charge on any atom is 0.223 e. The van der Waals surface area contributed by atoms with Crippen molar-refractivity contribution in [2.45, 2.75) is 38.6 Å². The first-order valence-electron chi connectivity index (χ1n) is 8.77. The third-order valence-electron chi connectivity index (χ3n) is 5.12. The van der Waals surface area contributed by atoms with Crippen molar-refractivity contribution >= 4 is 29.7 Å². The number of benzene rings is 1. The van der Waals surface area contributed by atoms with Gasteiger partial charge < -0.3 is 11.1 Å². The fourth-order valence-electron chi connectivity index (χ4n) is 3.74. The summed E-state index contributed by atoms with van der Waals surface area (Å²) in [6.07, 6.45) is 3.99. The lowest BCUT2D eigenvalue weighted by Crippen LogP contribution is -2.38. The smallest absolute Gasteiger partial charge is 0.223 e. The number of nitrogens with two attached hydrogens (primary N) is 1. The van der Waals surface area contributed by atoms with E-state index in [4.69, 9.17) is 5.73 Å². The Morgan fingerprint density at radius 1 is 1.28 bits per heavy atom. The molecule has 1 aliphatic rings. The minimum atomic E-state index is 0. The van der Waals surface area contributed by atoms with Crippen molar-refractivity contribution in [2.24, 2.45) is 17.6 Å². The number of halogens is 1. The molecule has 1 amide bonds. The van der Waals surface area contributed by atoms with E-state index in [9.17, 15) is 4.79 Å². The van der Waals surface area contributed by atoms with E-state index < -0.39 is 0 Å². The molecule has 1 unspecified atom stereocenters. The maximum atomic E-state index is 12.9. The Hall–Kier alpha value is -1.36. The third-order valence-corrected chi connectivity index (χ3v) is 6.25. The van der Waals surface area contributed by atoms with Crippen LogP contribution in [0.2, 0.25) is 0 Å². The van der Waals surface area contributed by atoms with Gasteiger partial charge in [-0.1, -0.05) is 36.8 Å². The molecule has 1 aromatic heterocycles. The summed E-state index contributed by atoms with van der Waals surface area (Å²) in [5.74, 6) is 0.594. The summed E-state index contributed by atoms with van der Waals surface area (Å²) < 4.78 is 0. The highest BCUT2D eigenvalue weighted by atomic mass is 35.5. The van der Waals surface area contributed by atoms with Gasteiger partial charge >= 0.3 is 0 Å². The summed E-state index contributed by atoms with van der Waals surface area (Å²) in [6, 6.07) is 12.5. The fraction of sp³-hybridized carbons (Fsp3) is 0.450. The molecule has 1 saturated carbocycles. The van der Waals surface area contributed by atoms with Crippen LogP contribution in [-0.2, 0) is 11.2 Å². The molecule has 3 N–H and O–H groups in total. The second kappa shape index (κ2) is 9.37. The predicted octanol–water partition coefficient (Wildman–Crippen LogP) is 4.25. The topological polar surface area (TPSA) is 55.1 Å². The minimum Gasteiger partial charge on any atom is -0.348 e.